The summed E-state index contributed by atoms with van der Waals surface area (Å²) in [6.07, 6.45) is 0. The van der Waals surface area contributed by atoms with Crippen LogP contribution in [0.2, 0.25) is 0 Å². The van der Waals surface area contributed by atoms with Gasteiger partial charge in [-0.15, -0.1) is 0 Å². The van der Waals surface area contributed by atoms with Crippen LogP contribution >= 0.6 is 0 Å². The Morgan fingerprint density at radius 3 is 2.00 bits per heavy atom. The molecule has 0 amide bonds. The third-order valence-corrected chi connectivity index (χ3v) is 2.14. The van der Waals surface area contributed by atoms with Crippen molar-refractivity contribution in [3.8, 4) is 0 Å². The second-order valence-corrected chi connectivity index (χ2v) is 4.56. The molecule has 0 aliphatic heterocycles. The van der Waals surface area contributed by atoms with E-state index in [4.69, 9.17) is 5.21 Å². The molecule has 0 heterocycles. The van der Waals surface area contributed by atoms with E-state index in [1.54, 1.807) is 0 Å². The van der Waals surface area contributed by atoms with Gasteiger partial charge in [-0.25, -0.2) is 0 Å². The van der Waals surface area contributed by atoms with Crippen molar-refractivity contribution in [1.82, 2.24) is 0 Å². The van der Waals surface area contributed by atoms with Gasteiger partial charge in [0.2, 0.25) is 0 Å². The minimum Gasteiger partial charge on any atom is -0.411 e. The largest absolute Gasteiger partial charge is 0.411 e. The first-order chi connectivity index (χ1) is 6.45. The summed E-state index contributed by atoms with van der Waals surface area (Å²) in [6, 6.07) is 8.00. The van der Waals surface area contributed by atoms with Gasteiger partial charge in [-0.3, -0.25) is 0 Å². The number of hydrogen-bond acceptors (Lipinski definition) is 2. The molecule has 76 valence electrons. The zero-order valence-electron chi connectivity index (χ0n) is 9.20. The van der Waals surface area contributed by atoms with Gasteiger partial charge in [0.25, 0.3) is 0 Å². The highest BCUT2D eigenvalue weighted by Crippen LogP contribution is 2.21. The molecule has 0 unspecified atom stereocenters. The van der Waals surface area contributed by atoms with Gasteiger partial charge >= 0.3 is 0 Å². The summed E-state index contributed by atoms with van der Waals surface area (Å²) in [7, 11) is 0. The Morgan fingerprint density at radius 2 is 1.64 bits per heavy atom. The van der Waals surface area contributed by atoms with Crippen molar-refractivity contribution >= 4 is 5.71 Å². The van der Waals surface area contributed by atoms with E-state index in [2.05, 4.69) is 5.16 Å². The first-order valence-electron chi connectivity index (χ1n) is 4.74. The molecule has 0 bridgehead atoms. The number of benzene rings is 1. The van der Waals surface area contributed by atoms with E-state index in [0.717, 1.165) is 11.3 Å². The van der Waals surface area contributed by atoms with Crippen molar-refractivity contribution in [2.24, 2.45) is 10.6 Å². The molecule has 0 atom stereocenters. The van der Waals surface area contributed by atoms with Crippen molar-refractivity contribution in [2.75, 3.05) is 0 Å². The maximum Gasteiger partial charge on any atom is 0.0921 e. The number of rotatable bonds is 1. The fraction of sp³-hybridized carbons (Fsp3) is 0.417. The molecule has 0 aromatic heterocycles. The Morgan fingerprint density at radius 1 is 1.14 bits per heavy atom. The van der Waals surface area contributed by atoms with Crippen LogP contribution in [0.25, 0.3) is 0 Å². The van der Waals surface area contributed by atoms with Crippen LogP contribution in [0.1, 0.15) is 31.9 Å². The molecule has 0 radical (unpaired) electrons. The summed E-state index contributed by atoms with van der Waals surface area (Å²) in [5.41, 5.74) is 2.77. The minimum absolute atomic E-state index is 0.135. The van der Waals surface area contributed by atoms with E-state index in [9.17, 15) is 0 Å². The predicted octanol–water partition coefficient (Wildman–Crippen LogP) is 3.22. The molecule has 1 aromatic carbocycles. The molecule has 0 saturated carbocycles. The van der Waals surface area contributed by atoms with Gasteiger partial charge < -0.3 is 5.21 Å². The number of aryl methyl sites for hydroxylation is 1. The van der Waals surface area contributed by atoms with Crippen molar-refractivity contribution in [3.63, 3.8) is 0 Å². The Balaban J connectivity index is 3.10. The fourth-order valence-electron chi connectivity index (χ4n) is 1.35. The lowest BCUT2D eigenvalue weighted by molar-refractivity contribution is 0.311. The molecule has 1 rings (SSSR count). The molecule has 14 heavy (non-hydrogen) atoms. The molecule has 2 heteroatoms. The van der Waals surface area contributed by atoms with Gasteiger partial charge in [0.05, 0.1) is 5.71 Å². The van der Waals surface area contributed by atoms with E-state index in [-0.39, 0.29) is 5.41 Å². The third-order valence-electron chi connectivity index (χ3n) is 2.14. The lowest BCUT2D eigenvalue weighted by Crippen LogP contribution is -2.21. The summed E-state index contributed by atoms with van der Waals surface area (Å²) in [6.45, 7) is 8.13. The van der Waals surface area contributed by atoms with Crippen LogP contribution in [0, 0.1) is 12.3 Å². The highest BCUT2D eigenvalue weighted by molar-refractivity contribution is 6.03. The van der Waals surface area contributed by atoms with E-state index in [1.165, 1.54) is 5.56 Å². The highest BCUT2D eigenvalue weighted by atomic mass is 16.4. The maximum absolute atomic E-state index is 8.97. The van der Waals surface area contributed by atoms with Crippen molar-refractivity contribution in [3.05, 3.63) is 35.4 Å². The molecular formula is C12H17NO. The molecule has 0 aliphatic rings. The Hall–Kier alpha value is -1.31. The van der Waals surface area contributed by atoms with Crippen molar-refractivity contribution in [2.45, 2.75) is 27.7 Å². The quantitative estimate of drug-likeness (QED) is 0.412. The smallest absolute Gasteiger partial charge is 0.0921 e. The zero-order valence-corrected chi connectivity index (χ0v) is 9.20. The van der Waals surface area contributed by atoms with Crippen molar-refractivity contribution in [1.29, 1.82) is 0 Å². The lowest BCUT2D eigenvalue weighted by atomic mass is 9.85. The average molecular weight is 191 g/mol. The molecule has 0 spiro atoms. The summed E-state index contributed by atoms with van der Waals surface area (Å²) in [5, 5.41) is 12.3. The van der Waals surface area contributed by atoms with Crippen LogP contribution < -0.4 is 0 Å². The van der Waals surface area contributed by atoms with Crippen LogP contribution in [-0.2, 0) is 0 Å². The monoisotopic (exact) mass is 191 g/mol. The summed E-state index contributed by atoms with van der Waals surface area (Å²) >= 11 is 0. The van der Waals surface area contributed by atoms with E-state index < -0.39 is 0 Å². The fourth-order valence-corrected chi connectivity index (χ4v) is 1.35. The SMILES string of the molecule is Cc1ccc(C(=NO)C(C)(C)C)cc1. The standard InChI is InChI=1S/C12H17NO/c1-9-5-7-10(8-6-9)11(13-14)12(2,3)4/h5-8,14H,1-4H3. The maximum atomic E-state index is 8.97. The van der Waals surface area contributed by atoms with Crippen LogP contribution in [0.15, 0.2) is 29.4 Å². The first-order valence-corrected chi connectivity index (χ1v) is 4.74. The molecule has 1 aromatic rings. The predicted molar refractivity (Wildman–Crippen MR) is 59.0 cm³/mol. The Kier molecular flexibility index (Phi) is 2.94. The first kappa shape index (κ1) is 10.8. The number of oxime groups is 1. The second kappa shape index (κ2) is 3.82. The topological polar surface area (TPSA) is 32.6 Å². The van der Waals surface area contributed by atoms with Gasteiger partial charge in [-0.2, -0.15) is 0 Å². The van der Waals surface area contributed by atoms with Crippen molar-refractivity contribution < 1.29 is 5.21 Å². The normalized spacial score (nSPS) is 13.0. The van der Waals surface area contributed by atoms with Gasteiger partial charge in [-0.05, 0) is 12.5 Å². The molecular weight excluding hydrogens is 174 g/mol. The molecule has 0 aliphatic carbocycles. The summed E-state index contributed by atoms with van der Waals surface area (Å²) in [4.78, 5) is 0. The molecule has 0 saturated heterocycles. The van der Waals surface area contributed by atoms with E-state index in [1.807, 2.05) is 52.0 Å². The number of hydrogen-bond donors (Lipinski definition) is 1. The average Bonchev–Trinajstić information content (AvgIpc) is 2.07. The lowest BCUT2D eigenvalue weighted by Gasteiger charge is -2.19. The Labute approximate surface area is 85.3 Å². The van der Waals surface area contributed by atoms with Crippen LogP contribution in [0.4, 0.5) is 0 Å². The third kappa shape index (κ3) is 2.34. The van der Waals surface area contributed by atoms with Gasteiger partial charge in [-0.1, -0.05) is 55.8 Å². The zero-order chi connectivity index (χ0) is 10.8. The summed E-state index contributed by atoms with van der Waals surface area (Å²) < 4.78 is 0. The molecule has 0 fully saturated rings. The molecule has 1 N–H and O–H groups in total. The Bertz CT molecular complexity index is 330. The van der Waals surface area contributed by atoms with Gasteiger partial charge in [0, 0.05) is 5.41 Å². The second-order valence-electron chi connectivity index (χ2n) is 4.56. The van der Waals surface area contributed by atoms with Gasteiger partial charge in [0.1, 0.15) is 0 Å². The van der Waals surface area contributed by atoms with E-state index >= 15 is 0 Å². The van der Waals surface area contributed by atoms with Crippen LogP contribution in [0.5, 0.6) is 0 Å². The van der Waals surface area contributed by atoms with Crippen LogP contribution in [0.3, 0.4) is 0 Å². The summed E-state index contributed by atoms with van der Waals surface area (Å²) in [5.74, 6) is 0. The highest BCUT2D eigenvalue weighted by Gasteiger charge is 2.21. The van der Waals surface area contributed by atoms with Crippen LogP contribution in [-0.4, -0.2) is 10.9 Å². The van der Waals surface area contributed by atoms with Gasteiger partial charge in [0.15, 0.2) is 0 Å². The number of nitrogens with zero attached hydrogens (tertiary/aromatic N) is 1. The molecule has 2 nitrogen and oxygen atoms in total. The van der Waals surface area contributed by atoms with E-state index in [0.29, 0.717) is 0 Å². The minimum atomic E-state index is -0.135.